The minimum absolute atomic E-state index is 0.0162. The fraction of sp³-hybridized carbons (Fsp3) is 0.160. The maximum absolute atomic E-state index is 14.2. The van der Waals surface area contributed by atoms with Crippen LogP contribution in [0.2, 0.25) is 5.02 Å². The predicted octanol–water partition coefficient (Wildman–Crippen LogP) is 5.66. The summed E-state index contributed by atoms with van der Waals surface area (Å²) in [6, 6.07) is 14.1. The van der Waals surface area contributed by atoms with Crippen molar-refractivity contribution in [3.8, 4) is 22.8 Å². The first-order valence-electron chi connectivity index (χ1n) is 10.2. The zero-order valence-corrected chi connectivity index (χ0v) is 18.0. The van der Waals surface area contributed by atoms with E-state index in [1.54, 1.807) is 10.9 Å². The summed E-state index contributed by atoms with van der Waals surface area (Å²) >= 11 is 5.81. The van der Waals surface area contributed by atoms with Crippen molar-refractivity contribution < 1.29 is 13.9 Å². The number of ether oxygens (including phenoxy) is 1. The zero-order chi connectivity index (χ0) is 22.2. The van der Waals surface area contributed by atoms with Gasteiger partial charge >= 0.3 is 0 Å². The lowest BCUT2D eigenvalue weighted by molar-refractivity contribution is 0.0933. The molecule has 0 radical (unpaired) electrons. The number of benzene rings is 2. The highest BCUT2D eigenvalue weighted by Gasteiger charge is 2.34. The standard InChI is InChI=1S/C25H19ClFN3O2/c1-30-14-19(13-29-30)16-4-2-15(3-5-16)10-18-11-17-8-9-28-25(23(17)24(18)31)32-22-7-6-20(26)12-21(22)27/h2-9,12-14,18H,10-11H2,1H3. The van der Waals surface area contributed by atoms with E-state index in [4.69, 9.17) is 16.3 Å². The van der Waals surface area contributed by atoms with Gasteiger partial charge in [0.15, 0.2) is 17.3 Å². The molecule has 160 valence electrons. The molecule has 0 saturated heterocycles. The minimum Gasteiger partial charge on any atom is -0.435 e. The molecule has 2 heterocycles. The Bertz CT molecular complexity index is 1320. The maximum atomic E-state index is 14.2. The van der Waals surface area contributed by atoms with E-state index in [9.17, 15) is 9.18 Å². The van der Waals surface area contributed by atoms with Crippen LogP contribution >= 0.6 is 11.6 Å². The normalized spacial score (nSPS) is 15.1. The van der Waals surface area contributed by atoms with Crippen LogP contribution in [0.1, 0.15) is 21.5 Å². The topological polar surface area (TPSA) is 57.0 Å². The monoisotopic (exact) mass is 447 g/mol. The summed E-state index contributed by atoms with van der Waals surface area (Å²) in [5.74, 6) is -0.738. The molecular weight excluding hydrogens is 429 g/mol. The summed E-state index contributed by atoms with van der Waals surface area (Å²) < 4.78 is 21.6. The van der Waals surface area contributed by atoms with Gasteiger partial charge in [0.25, 0.3) is 0 Å². The highest BCUT2D eigenvalue weighted by Crippen LogP contribution is 2.37. The molecular formula is C25H19ClFN3O2. The molecule has 2 aromatic carbocycles. The third-order valence-electron chi connectivity index (χ3n) is 5.66. The van der Waals surface area contributed by atoms with Crippen molar-refractivity contribution in [3.63, 3.8) is 0 Å². The summed E-state index contributed by atoms with van der Waals surface area (Å²) in [6.07, 6.45) is 6.57. The third-order valence-corrected chi connectivity index (χ3v) is 5.90. The molecule has 4 aromatic rings. The van der Waals surface area contributed by atoms with Gasteiger partial charge < -0.3 is 4.74 Å². The summed E-state index contributed by atoms with van der Waals surface area (Å²) in [4.78, 5) is 17.4. The number of nitrogens with zero attached hydrogens (tertiary/aromatic N) is 3. The van der Waals surface area contributed by atoms with E-state index in [-0.39, 0.29) is 28.4 Å². The Morgan fingerprint density at radius 3 is 2.69 bits per heavy atom. The van der Waals surface area contributed by atoms with E-state index in [1.165, 1.54) is 18.2 Å². The Morgan fingerprint density at radius 2 is 1.97 bits per heavy atom. The second-order valence-electron chi connectivity index (χ2n) is 7.90. The predicted molar refractivity (Wildman–Crippen MR) is 120 cm³/mol. The Hall–Kier alpha value is -3.51. The molecule has 0 bridgehead atoms. The molecule has 0 N–H and O–H groups in total. The molecule has 0 saturated carbocycles. The molecule has 0 fully saturated rings. The average molecular weight is 448 g/mol. The first-order valence-corrected chi connectivity index (χ1v) is 10.6. The summed E-state index contributed by atoms with van der Waals surface area (Å²) in [5, 5.41) is 4.47. The Labute approximate surface area is 189 Å². The number of rotatable bonds is 5. The smallest absolute Gasteiger partial charge is 0.230 e. The SMILES string of the molecule is Cn1cc(-c2ccc(CC3Cc4ccnc(Oc5ccc(Cl)cc5F)c4C3=O)cc2)cn1. The van der Waals surface area contributed by atoms with Gasteiger partial charge in [0.1, 0.15) is 0 Å². The maximum Gasteiger partial charge on any atom is 0.230 e. The molecule has 0 amide bonds. The lowest BCUT2D eigenvalue weighted by atomic mass is 9.94. The number of carbonyl (C=O) groups excluding carboxylic acids is 1. The molecule has 5 rings (SSSR count). The number of halogens is 2. The molecule has 0 spiro atoms. The fourth-order valence-electron chi connectivity index (χ4n) is 4.07. The number of hydrogen-bond acceptors (Lipinski definition) is 4. The number of aryl methyl sites for hydroxylation is 1. The van der Waals surface area contributed by atoms with Gasteiger partial charge in [0.05, 0.1) is 11.8 Å². The molecule has 1 aliphatic rings. The van der Waals surface area contributed by atoms with E-state index < -0.39 is 5.82 Å². The van der Waals surface area contributed by atoms with Crippen molar-refractivity contribution in [3.05, 3.63) is 94.7 Å². The average Bonchev–Trinajstić information content (AvgIpc) is 3.35. The van der Waals surface area contributed by atoms with Crippen molar-refractivity contribution in [2.45, 2.75) is 12.8 Å². The van der Waals surface area contributed by atoms with Crippen molar-refractivity contribution in [2.75, 3.05) is 0 Å². The van der Waals surface area contributed by atoms with Gasteiger partial charge in [-0.1, -0.05) is 35.9 Å². The van der Waals surface area contributed by atoms with Crippen LogP contribution in [0.5, 0.6) is 11.6 Å². The van der Waals surface area contributed by atoms with Crippen LogP contribution in [0.4, 0.5) is 4.39 Å². The molecule has 7 heteroatoms. The Kier molecular flexibility index (Phi) is 5.23. The van der Waals surface area contributed by atoms with Crippen LogP contribution in [-0.2, 0) is 19.9 Å². The second-order valence-corrected chi connectivity index (χ2v) is 8.33. The van der Waals surface area contributed by atoms with E-state index >= 15 is 0 Å². The number of Topliss-reactive ketones (excluding diaryl/α,β-unsaturated/α-hetero) is 1. The molecule has 1 aliphatic carbocycles. The van der Waals surface area contributed by atoms with Gasteiger partial charge in [-0.2, -0.15) is 5.10 Å². The quantitative estimate of drug-likeness (QED) is 0.396. The van der Waals surface area contributed by atoms with Crippen molar-refractivity contribution >= 4 is 17.4 Å². The first-order chi connectivity index (χ1) is 15.5. The molecule has 2 aromatic heterocycles. The van der Waals surface area contributed by atoms with Crippen molar-refractivity contribution in [1.29, 1.82) is 0 Å². The van der Waals surface area contributed by atoms with E-state index in [2.05, 4.69) is 10.1 Å². The lowest BCUT2D eigenvalue weighted by Crippen LogP contribution is -2.13. The van der Waals surface area contributed by atoms with Crippen molar-refractivity contribution in [1.82, 2.24) is 14.8 Å². The molecule has 1 atom stereocenters. The molecule has 5 nitrogen and oxygen atoms in total. The van der Waals surface area contributed by atoms with Gasteiger partial charge in [-0.15, -0.1) is 0 Å². The number of carbonyl (C=O) groups is 1. The number of ketones is 1. The van der Waals surface area contributed by atoms with Crippen LogP contribution in [0.3, 0.4) is 0 Å². The summed E-state index contributed by atoms with van der Waals surface area (Å²) in [6.45, 7) is 0. The highest BCUT2D eigenvalue weighted by molar-refractivity contribution is 6.30. The Morgan fingerprint density at radius 1 is 1.16 bits per heavy atom. The number of hydrogen-bond donors (Lipinski definition) is 0. The van der Waals surface area contributed by atoms with Crippen LogP contribution in [0.15, 0.2) is 67.1 Å². The number of pyridine rings is 1. The fourth-order valence-corrected chi connectivity index (χ4v) is 4.23. The second kappa shape index (κ2) is 8.20. The molecule has 0 aliphatic heterocycles. The largest absolute Gasteiger partial charge is 0.435 e. The van der Waals surface area contributed by atoms with Crippen molar-refractivity contribution in [2.24, 2.45) is 13.0 Å². The summed E-state index contributed by atoms with van der Waals surface area (Å²) in [5.41, 5.74) is 4.49. The van der Waals surface area contributed by atoms with E-state index in [0.29, 0.717) is 18.4 Å². The third kappa shape index (κ3) is 3.89. The summed E-state index contributed by atoms with van der Waals surface area (Å²) in [7, 11) is 1.88. The number of fused-ring (bicyclic) bond motifs is 1. The van der Waals surface area contributed by atoms with E-state index in [0.717, 1.165) is 22.3 Å². The molecule has 1 unspecified atom stereocenters. The van der Waals surface area contributed by atoms with Crippen LogP contribution in [-0.4, -0.2) is 20.5 Å². The van der Waals surface area contributed by atoms with Gasteiger partial charge in [-0.25, -0.2) is 9.37 Å². The van der Waals surface area contributed by atoms with Gasteiger partial charge in [0.2, 0.25) is 5.88 Å². The molecule has 32 heavy (non-hydrogen) atoms. The lowest BCUT2D eigenvalue weighted by Gasteiger charge is -2.10. The van der Waals surface area contributed by atoms with Crippen LogP contribution in [0, 0.1) is 11.7 Å². The number of aromatic nitrogens is 3. The van der Waals surface area contributed by atoms with Gasteiger partial charge in [0, 0.05) is 35.9 Å². The Balaban J connectivity index is 1.35. The van der Waals surface area contributed by atoms with Gasteiger partial charge in [-0.3, -0.25) is 9.48 Å². The van der Waals surface area contributed by atoms with Gasteiger partial charge in [-0.05, 0) is 53.8 Å². The van der Waals surface area contributed by atoms with Crippen LogP contribution < -0.4 is 4.74 Å². The first kappa shape index (κ1) is 20.4. The zero-order valence-electron chi connectivity index (χ0n) is 17.3. The highest BCUT2D eigenvalue weighted by atomic mass is 35.5. The van der Waals surface area contributed by atoms with Crippen LogP contribution in [0.25, 0.3) is 11.1 Å². The minimum atomic E-state index is -0.604. The van der Waals surface area contributed by atoms with E-state index in [1.807, 2.05) is 49.8 Å².